The van der Waals surface area contributed by atoms with Crippen LogP contribution in [0.25, 0.3) is 0 Å². The standard InChI is InChI=1S/C10H15NO10/c12-5(13)1-4(8(18)19)11-9(20)10(21,2-6(14)15)3-7(16)17/h4,6,14-15,21H,1-3H2,(H,11,20)(H,12,13)(H,16,17)(H,18,19). The summed E-state index contributed by atoms with van der Waals surface area (Å²) in [5, 5.41) is 54.8. The van der Waals surface area contributed by atoms with Crippen LogP contribution >= 0.6 is 0 Å². The van der Waals surface area contributed by atoms with Crippen LogP contribution in [0.1, 0.15) is 19.3 Å². The Morgan fingerprint density at radius 3 is 1.86 bits per heavy atom. The number of carboxylic acids is 3. The van der Waals surface area contributed by atoms with Gasteiger partial charge < -0.3 is 36.0 Å². The summed E-state index contributed by atoms with van der Waals surface area (Å²) in [4.78, 5) is 43.5. The molecular weight excluding hydrogens is 294 g/mol. The Morgan fingerprint density at radius 1 is 1.00 bits per heavy atom. The normalized spacial score (nSPS) is 15.0. The highest BCUT2D eigenvalue weighted by Crippen LogP contribution is 2.18. The summed E-state index contributed by atoms with van der Waals surface area (Å²) in [5.74, 6) is -6.45. The molecule has 2 unspecified atom stereocenters. The number of aliphatic carboxylic acids is 3. The number of amides is 1. The largest absolute Gasteiger partial charge is 0.481 e. The molecule has 2 atom stereocenters. The van der Waals surface area contributed by atoms with Crippen LogP contribution in [0.15, 0.2) is 0 Å². The Kier molecular flexibility index (Phi) is 6.72. The van der Waals surface area contributed by atoms with E-state index in [9.17, 15) is 24.3 Å². The van der Waals surface area contributed by atoms with Gasteiger partial charge >= 0.3 is 17.9 Å². The van der Waals surface area contributed by atoms with E-state index in [0.717, 1.165) is 0 Å². The zero-order valence-electron chi connectivity index (χ0n) is 10.6. The first-order valence-electron chi connectivity index (χ1n) is 5.54. The maximum absolute atomic E-state index is 11.7. The molecule has 0 rings (SSSR count). The first-order valence-corrected chi connectivity index (χ1v) is 5.54. The van der Waals surface area contributed by atoms with E-state index in [0.29, 0.717) is 0 Å². The highest BCUT2D eigenvalue weighted by Gasteiger charge is 2.42. The van der Waals surface area contributed by atoms with Crippen molar-refractivity contribution in [2.75, 3.05) is 0 Å². The fourth-order valence-corrected chi connectivity index (χ4v) is 1.46. The van der Waals surface area contributed by atoms with Crippen molar-refractivity contribution in [3.8, 4) is 0 Å². The summed E-state index contributed by atoms with van der Waals surface area (Å²) < 4.78 is 0. The van der Waals surface area contributed by atoms with Gasteiger partial charge in [0, 0.05) is 6.42 Å². The van der Waals surface area contributed by atoms with Gasteiger partial charge in [0.25, 0.3) is 5.91 Å². The minimum Gasteiger partial charge on any atom is -0.481 e. The van der Waals surface area contributed by atoms with Crippen LogP contribution in [-0.4, -0.2) is 72.4 Å². The van der Waals surface area contributed by atoms with Gasteiger partial charge in [-0.05, 0) is 0 Å². The van der Waals surface area contributed by atoms with E-state index in [-0.39, 0.29) is 0 Å². The van der Waals surface area contributed by atoms with Crippen molar-refractivity contribution in [2.24, 2.45) is 0 Å². The van der Waals surface area contributed by atoms with Crippen LogP contribution in [0.2, 0.25) is 0 Å². The van der Waals surface area contributed by atoms with Gasteiger partial charge in [0.15, 0.2) is 11.9 Å². The van der Waals surface area contributed by atoms with Gasteiger partial charge in [-0.1, -0.05) is 0 Å². The number of hydrogen-bond donors (Lipinski definition) is 7. The molecule has 0 aliphatic rings. The summed E-state index contributed by atoms with van der Waals surface area (Å²) in [7, 11) is 0. The van der Waals surface area contributed by atoms with Gasteiger partial charge in [-0.3, -0.25) is 14.4 Å². The molecule has 1 amide bonds. The zero-order valence-corrected chi connectivity index (χ0v) is 10.6. The van der Waals surface area contributed by atoms with Crippen LogP contribution in [0.4, 0.5) is 0 Å². The Morgan fingerprint density at radius 2 is 1.52 bits per heavy atom. The number of aliphatic hydroxyl groups excluding tert-OH is 1. The van der Waals surface area contributed by atoms with Crippen molar-refractivity contribution in [1.82, 2.24) is 5.32 Å². The van der Waals surface area contributed by atoms with E-state index < -0.39 is 61.0 Å². The highest BCUT2D eigenvalue weighted by molar-refractivity contribution is 5.93. The molecule has 21 heavy (non-hydrogen) atoms. The van der Waals surface area contributed by atoms with E-state index in [1.807, 2.05) is 0 Å². The molecule has 0 spiro atoms. The van der Waals surface area contributed by atoms with Crippen molar-refractivity contribution in [2.45, 2.75) is 37.2 Å². The first-order chi connectivity index (χ1) is 9.47. The van der Waals surface area contributed by atoms with Gasteiger partial charge in [0.2, 0.25) is 0 Å². The summed E-state index contributed by atoms with van der Waals surface area (Å²) in [5.41, 5.74) is -2.80. The van der Waals surface area contributed by atoms with E-state index in [2.05, 4.69) is 0 Å². The topological polar surface area (TPSA) is 202 Å². The number of carboxylic acid groups (broad SMARTS) is 3. The average Bonchev–Trinajstić information content (AvgIpc) is 2.24. The summed E-state index contributed by atoms with van der Waals surface area (Å²) in [6, 6.07) is -1.91. The fraction of sp³-hybridized carbons (Fsp3) is 0.600. The van der Waals surface area contributed by atoms with Crippen molar-refractivity contribution in [3.05, 3.63) is 0 Å². The second-order valence-corrected chi connectivity index (χ2v) is 4.25. The Hall–Kier alpha value is -2.24. The molecule has 0 aliphatic carbocycles. The van der Waals surface area contributed by atoms with Crippen molar-refractivity contribution in [3.63, 3.8) is 0 Å². The van der Waals surface area contributed by atoms with E-state index >= 15 is 0 Å². The number of aliphatic hydroxyl groups is 3. The van der Waals surface area contributed by atoms with Crippen LogP contribution in [0.5, 0.6) is 0 Å². The second kappa shape index (κ2) is 7.52. The maximum Gasteiger partial charge on any atom is 0.326 e. The molecule has 0 saturated carbocycles. The molecule has 0 heterocycles. The fourth-order valence-electron chi connectivity index (χ4n) is 1.46. The third-order valence-electron chi connectivity index (χ3n) is 2.37. The molecule has 11 heteroatoms. The van der Waals surface area contributed by atoms with Crippen molar-refractivity contribution < 1.29 is 49.8 Å². The molecule has 0 aliphatic heterocycles. The Bertz CT molecular complexity index is 434. The predicted molar refractivity (Wildman–Crippen MR) is 61.9 cm³/mol. The molecule has 0 radical (unpaired) electrons. The molecule has 0 aromatic heterocycles. The smallest absolute Gasteiger partial charge is 0.326 e. The third-order valence-corrected chi connectivity index (χ3v) is 2.37. The molecule has 120 valence electrons. The highest BCUT2D eigenvalue weighted by atomic mass is 16.5. The Labute approximate surface area is 117 Å². The van der Waals surface area contributed by atoms with Gasteiger partial charge in [0.05, 0.1) is 12.8 Å². The lowest BCUT2D eigenvalue weighted by atomic mass is 9.93. The first kappa shape index (κ1) is 18.8. The summed E-state index contributed by atoms with van der Waals surface area (Å²) >= 11 is 0. The molecule has 0 saturated heterocycles. The van der Waals surface area contributed by atoms with Crippen molar-refractivity contribution >= 4 is 23.8 Å². The number of rotatable bonds is 9. The van der Waals surface area contributed by atoms with E-state index in [1.54, 1.807) is 5.32 Å². The SMILES string of the molecule is O=C(O)CC(NC(=O)C(O)(CC(=O)O)CC(O)O)C(=O)O. The van der Waals surface area contributed by atoms with Crippen LogP contribution in [0.3, 0.4) is 0 Å². The second-order valence-electron chi connectivity index (χ2n) is 4.25. The average molecular weight is 309 g/mol. The van der Waals surface area contributed by atoms with Gasteiger partial charge in [-0.2, -0.15) is 0 Å². The van der Waals surface area contributed by atoms with Gasteiger partial charge in [0.1, 0.15) is 6.04 Å². The molecule has 7 N–H and O–H groups in total. The van der Waals surface area contributed by atoms with Crippen LogP contribution in [-0.2, 0) is 19.2 Å². The predicted octanol–water partition coefficient (Wildman–Crippen LogP) is -3.06. The quantitative estimate of drug-likeness (QED) is 0.214. The summed E-state index contributed by atoms with van der Waals surface area (Å²) in [6.45, 7) is 0. The number of carbonyl (C=O) groups is 4. The van der Waals surface area contributed by atoms with E-state index in [1.165, 1.54) is 0 Å². The summed E-state index contributed by atoms with van der Waals surface area (Å²) in [6.07, 6.45) is -5.56. The number of hydrogen-bond acceptors (Lipinski definition) is 7. The third kappa shape index (κ3) is 6.65. The monoisotopic (exact) mass is 309 g/mol. The van der Waals surface area contributed by atoms with Crippen molar-refractivity contribution in [1.29, 1.82) is 0 Å². The Balaban J connectivity index is 5.14. The van der Waals surface area contributed by atoms with E-state index in [4.69, 9.17) is 25.5 Å². The minimum absolute atomic E-state index is 1.01. The molecule has 11 nitrogen and oxygen atoms in total. The molecular formula is C10H15NO10. The molecule has 0 aromatic carbocycles. The van der Waals surface area contributed by atoms with Crippen LogP contribution < -0.4 is 5.32 Å². The van der Waals surface area contributed by atoms with Gasteiger partial charge in [-0.15, -0.1) is 0 Å². The number of carbonyl (C=O) groups excluding carboxylic acids is 1. The van der Waals surface area contributed by atoms with Crippen LogP contribution in [0, 0.1) is 0 Å². The minimum atomic E-state index is -2.80. The molecule has 0 fully saturated rings. The number of nitrogens with one attached hydrogen (secondary N) is 1. The molecule has 0 aromatic rings. The lowest BCUT2D eigenvalue weighted by Crippen LogP contribution is -2.55. The van der Waals surface area contributed by atoms with Gasteiger partial charge in [-0.25, -0.2) is 4.79 Å². The zero-order chi connectivity index (χ0) is 16.8. The molecule has 0 bridgehead atoms. The lowest BCUT2D eigenvalue weighted by molar-refractivity contribution is -0.164. The maximum atomic E-state index is 11.7. The lowest BCUT2D eigenvalue weighted by Gasteiger charge is -2.27.